The number of non-ortho nitro benzene ring substituents is 1. The predicted octanol–water partition coefficient (Wildman–Crippen LogP) is 4.11. The molecule has 0 heterocycles. The fraction of sp³-hybridized carbons (Fsp3) is 0. The molecule has 0 aliphatic carbocycles. The number of benzene rings is 3. The van der Waals surface area contributed by atoms with Gasteiger partial charge in [-0.05, 0) is 34.7 Å². The van der Waals surface area contributed by atoms with Gasteiger partial charge in [0.2, 0.25) is 0 Å². The zero-order valence-corrected chi connectivity index (χ0v) is 11.4. The number of nitro groups is 1. The van der Waals surface area contributed by atoms with Crippen molar-refractivity contribution in [1.82, 2.24) is 0 Å². The molecular weight excluding hydrogens is 282 g/mol. The summed E-state index contributed by atoms with van der Waals surface area (Å²) in [5, 5.41) is 21.6. The molecule has 0 unspecified atom stereocenters. The van der Waals surface area contributed by atoms with E-state index >= 15 is 0 Å². The van der Waals surface area contributed by atoms with E-state index in [0.717, 1.165) is 0 Å². The molecule has 0 fully saturated rings. The average molecular weight is 293 g/mol. The van der Waals surface area contributed by atoms with Crippen molar-refractivity contribution in [3.05, 3.63) is 76.3 Å². The van der Waals surface area contributed by atoms with E-state index in [9.17, 15) is 20.0 Å². The maximum absolute atomic E-state index is 11.4. The average Bonchev–Trinajstić information content (AvgIpc) is 2.53. The highest BCUT2D eigenvalue weighted by Gasteiger charge is 2.17. The van der Waals surface area contributed by atoms with Crippen molar-refractivity contribution in [3.63, 3.8) is 0 Å². The van der Waals surface area contributed by atoms with Crippen molar-refractivity contribution in [1.29, 1.82) is 0 Å². The molecule has 5 heteroatoms. The summed E-state index contributed by atoms with van der Waals surface area (Å²) in [6.45, 7) is 0. The van der Waals surface area contributed by atoms with Crippen molar-refractivity contribution >= 4 is 22.4 Å². The van der Waals surface area contributed by atoms with E-state index in [4.69, 9.17) is 0 Å². The smallest absolute Gasteiger partial charge is 0.336 e. The van der Waals surface area contributed by atoms with Crippen LogP contribution in [0.4, 0.5) is 5.69 Å². The Bertz CT molecular complexity index is 902. The number of rotatable bonds is 3. The third-order valence-electron chi connectivity index (χ3n) is 3.55. The van der Waals surface area contributed by atoms with Crippen LogP contribution in [0.15, 0.2) is 60.7 Å². The number of carboxylic acids is 1. The minimum Gasteiger partial charge on any atom is -0.478 e. The molecule has 0 atom stereocenters. The van der Waals surface area contributed by atoms with Gasteiger partial charge in [-0.3, -0.25) is 10.1 Å². The van der Waals surface area contributed by atoms with Gasteiger partial charge in [0.05, 0.1) is 15.9 Å². The van der Waals surface area contributed by atoms with Crippen LogP contribution in [0.25, 0.3) is 21.9 Å². The first-order valence-corrected chi connectivity index (χ1v) is 6.58. The van der Waals surface area contributed by atoms with Crippen molar-refractivity contribution < 1.29 is 14.8 Å². The maximum Gasteiger partial charge on any atom is 0.336 e. The molecule has 1 N–H and O–H groups in total. The number of hydrogen-bond donors (Lipinski definition) is 1. The highest BCUT2D eigenvalue weighted by molar-refractivity contribution is 6.06. The second kappa shape index (κ2) is 5.29. The molecule has 0 aromatic heterocycles. The van der Waals surface area contributed by atoms with Gasteiger partial charge < -0.3 is 5.11 Å². The molecular formula is C17H11NO4. The standard InChI is InChI=1S/C17H11NO4/c19-17(20)15-8-4-2-6-12(15)13-9-10-16(18(21)22)14-7-3-1-5-11(13)14/h1-10H,(H,19,20). The van der Waals surface area contributed by atoms with E-state index in [1.807, 2.05) is 0 Å². The molecule has 0 saturated heterocycles. The molecule has 0 spiro atoms. The highest BCUT2D eigenvalue weighted by Crippen LogP contribution is 2.35. The SMILES string of the molecule is O=C(O)c1ccccc1-c1ccc([N+](=O)[O-])c2ccccc12. The van der Waals surface area contributed by atoms with E-state index in [-0.39, 0.29) is 11.3 Å². The molecule has 22 heavy (non-hydrogen) atoms. The highest BCUT2D eigenvalue weighted by atomic mass is 16.6. The van der Waals surface area contributed by atoms with E-state index in [1.165, 1.54) is 12.1 Å². The van der Waals surface area contributed by atoms with Crippen molar-refractivity contribution in [3.8, 4) is 11.1 Å². The van der Waals surface area contributed by atoms with Gasteiger partial charge in [-0.15, -0.1) is 0 Å². The maximum atomic E-state index is 11.4. The molecule has 3 aromatic carbocycles. The Morgan fingerprint density at radius 2 is 1.50 bits per heavy atom. The van der Waals surface area contributed by atoms with Crippen LogP contribution in [0.2, 0.25) is 0 Å². The van der Waals surface area contributed by atoms with Gasteiger partial charge in [0.1, 0.15) is 0 Å². The van der Waals surface area contributed by atoms with Crippen LogP contribution in [0, 0.1) is 10.1 Å². The second-order valence-electron chi connectivity index (χ2n) is 4.79. The third-order valence-corrected chi connectivity index (χ3v) is 3.55. The Morgan fingerprint density at radius 3 is 2.18 bits per heavy atom. The number of nitrogens with zero attached hydrogens (tertiary/aromatic N) is 1. The summed E-state index contributed by atoms with van der Waals surface area (Å²) >= 11 is 0. The van der Waals surface area contributed by atoms with Crippen LogP contribution < -0.4 is 0 Å². The van der Waals surface area contributed by atoms with Crippen molar-refractivity contribution in [2.45, 2.75) is 0 Å². The molecule has 3 rings (SSSR count). The lowest BCUT2D eigenvalue weighted by atomic mass is 9.94. The summed E-state index contributed by atoms with van der Waals surface area (Å²) in [6.07, 6.45) is 0. The van der Waals surface area contributed by atoms with Gasteiger partial charge in [-0.1, -0.05) is 36.4 Å². The number of fused-ring (bicyclic) bond motifs is 1. The van der Waals surface area contributed by atoms with E-state index in [2.05, 4.69) is 0 Å². The van der Waals surface area contributed by atoms with Crippen LogP contribution in [0.5, 0.6) is 0 Å². The Balaban J connectivity index is 2.37. The normalized spacial score (nSPS) is 10.5. The zero-order chi connectivity index (χ0) is 15.7. The Kier molecular flexibility index (Phi) is 3.31. The number of aromatic carboxylic acids is 1. The largest absolute Gasteiger partial charge is 0.478 e. The van der Waals surface area contributed by atoms with Crippen LogP contribution in [0.3, 0.4) is 0 Å². The molecule has 0 aliphatic rings. The van der Waals surface area contributed by atoms with Crippen molar-refractivity contribution in [2.24, 2.45) is 0 Å². The lowest BCUT2D eigenvalue weighted by Gasteiger charge is -2.10. The fourth-order valence-electron chi connectivity index (χ4n) is 2.58. The van der Waals surface area contributed by atoms with Gasteiger partial charge in [-0.25, -0.2) is 4.79 Å². The van der Waals surface area contributed by atoms with E-state index in [0.29, 0.717) is 21.9 Å². The first-order chi connectivity index (χ1) is 10.6. The van der Waals surface area contributed by atoms with Gasteiger partial charge in [0.15, 0.2) is 0 Å². The minimum absolute atomic E-state index is 0.00663. The number of hydrogen-bond acceptors (Lipinski definition) is 3. The first kappa shape index (κ1) is 13.8. The van der Waals surface area contributed by atoms with E-state index in [1.54, 1.807) is 48.5 Å². The summed E-state index contributed by atoms with van der Waals surface area (Å²) in [4.78, 5) is 22.1. The zero-order valence-electron chi connectivity index (χ0n) is 11.4. The van der Waals surface area contributed by atoms with Gasteiger partial charge in [0, 0.05) is 6.07 Å². The lowest BCUT2D eigenvalue weighted by molar-refractivity contribution is -0.383. The number of nitro benzene ring substituents is 1. The molecule has 0 bridgehead atoms. The Labute approximate surface area is 125 Å². The molecule has 5 nitrogen and oxygen atoms in total. The summed E-state index contributed by atoms with van der Waals surface area (Å²) in [7, 11) is 0. The van der Waals surface area contributed by atoms with Gasteiger partial charge in [-0.2, -0.15) is 0 Å². The minimum atomic E-state index is -1.03. The molecule has 0 saturated carbocycles. The monoisotopic (exact) mass is 293 g/mol. The number of carbonyl (C=O) groups is 1. The molecule has 3 aromatic rings. The van der Waals surface area contributed by atoms with Crippen LogP contribution in [-0.4, -0.2) is 16.0 Å². The second-order valence-corrected chi connectivity index (χ2v) is 4.79. The quantitative estimate of drug-likeness (QED) is 0.582. The van der Waals surface area contributed by atoms with Gasteiger partial charge >= 0.3 is 5.97 Å². The Hall–Kier alpha value is -3.21. The molecule has 0 radical (unpaired) electrons. The fourth-order valence-corrected chi connectivity index (χ4v) is 2.58. The molecule has 108 valence electrons. The third kappa shape index (κ3) is 2.18. The number of carboxylic acid groups (broad SMARTS) is 1. The van der Waals surface area contributed by atoms with Crippen LogP contribution in [0.1, 0.15) is 10.4 Å². The lowest BCUT2D eigenvalue weighted by Crippen LogP contribution is -1.99. The molecule has 0 amide bonds. The van der Waals surface area contributed by atoms with Crippen LogP contribution >= 0.6 is 0 Å². The summed E-state index contributed by atoms with van der Waals surface area (Å²) in [6, 6.07) is 16.6. The first-order valence-electron chi connectivity index (χ1n) is 6.58. The predicted molar refractivity (Wildman–Crippen MR) is 83.0 cm³/mol. The van der Waals surface area contributed by atoms with E-state index < -0.39 is 10.9 Å². The van der Waals surface area contributed by atoms with Gasteiger partial charge in [0.25, 0.3) is 5.69 Å². The Morgan fingerprint density at radius 1 is 0.864 bits per heavy atom. The summed E-state index contributed by atoms with van der Waals surface area (Å²) in [5.41, 5.74) is 1.38. The topological polar surface area (TPSA) is 80.4 Å². The van der Waals surface area contributed by atoms with Crippen LogP contribution in [-0.2, 0) is 0 Å². The molecule has 0 aliphatic heterocycles. The van der Waals surface area contributed by atoms with Crippen molar-refractivity contribution in [2.75, 3.05) is 0 Å². The summed E-state index contributed by atoms with van der Waals surface area (Å²) in [5.74, 6) is -1.03. The summed E-state index contributed by atoms with van der Waals surface area (Å²) < 4.78 is 0.